The first kappa shape index (κ1) is 14.2. The molecule has 16 heavy (non-hydrogen) atoms. The summed E-state index contributed by atoms with van der Waals surface area (Å²) in [6.07, 6.45) is 3.55. The van der Waals surface area contributed by atoms with Crippen molar-refractivity contribution >= 4 is 11.6 Å². The second-order valence-corrected chi connectivity index (χ2v) is 4.73. The van der Waals surface area contributed by atoms with Gasteiger partial charge in [0.2, 0.25) is 0 Å². The topological polar surface area (TPSA) is 21.7 Å². The van der Waals surface area contributed by atoms with E-state index in [9.17, 15) is 0 Å². The van der Waals surface area contributed by atoms with E-state index in [0.29, 0.717) is 5.92 Å². The van der Waals surface area contributed by atoms with Crippen molar-refractivity contribution in [1.82, 2.24) is 4.90 Å². The summed E-state index contributed by atoms with van der Waals surface area (Å²) in [7, 11) is 1.72. The average molecular weight is 250 g/mol. The smallest absolute Gasteiger partial charge is 0.0593 e. The molecule has 0 saturated carbocycles. The number of methoxy groups -OCH3 is 1. The number of piperidine rings is 1. The molecule has 1 saturated heterocycles. The lowest BCUT2D eigenvalue weighted by molar-refractivity contribution is 0.0731. The van der Waals surface area contributed by atoms with Crippen LogP contribution in [0.3, 0.4) is 0 Å². The molecule has 3 nitrogen and oxygen atoms in total. The van der Waals surface area contributed by atoms with Crippen molar-refractivity contribution in [2.24, 2.45) is 5.92 Å². The van der Waals surface area contributed by atoms with Gasteiger partial charge in [0.25, 0.3) is 0 Å². The summed E-state index contributed by atoms with van der Waals surface area (Å²) in [5, 5.41) is 0. The molecule has 96 valence electrons. The Morgan fingerprint density at radius 3 is 2.94 bits per heavy atom. The molecule has 1 aliphatic heterocycles. The maximum absolute atomic E-state index is 5.89. The zero-order valence-electron chi connectivity index (χ0n) is 10.3. The lowest BCUT2D eigenvalue weighted by Crippen LogP contribution is -2.38. The largest absolute Gasteiger partial charge is 0.385 e. The average Bonchev–Trinajstić information content (AvgIpc) is 2.34. The first-order valence-corrected chi connectivity index (χ1v) is 6.75. The molecular formula is C12H24ClNO2. The van der Waals surface area contributed by atoms with E-state index in [4.69, 9.17) is 21.1 Å². The van der Waals surface area contributed by atoms with Gasteiger partial charge in [0.15, 0.2) is 0 Å². The minimum atomic E-state index is 0.684. The Bertz CT molecular complexity index is 169. The van der Waals surface area contributed by atoms with Gasteiger partial charge in [-0.15, -0.1) is 11.6 Å². The number of likely N-dealkylation sites (tertiary alicyclic amines) is 1. The predicted octanol–water partition coefficient (Wildman–Crippen LogP) is 1.99. The van der Waals surface area contributed by atoms with Crippen LogP contribution in [-0.4, -0.2) is 57.3 Å². The summed E-state index contributed by atoms with van der Waals surface area (Å²) in [4.78, 5) is 2.47. The number of nitrogens with zero attached hydrogens (tertiary/aromatic N) is 1. The third kappa shape index (κ3) is 6.04. The van der Waals surface area contributed by atoms with E-state index in [1.165, 1.54) is 19.4 Å². The van der Waals surface area contributed by atoms with Crippen LogP contribution in [0.25, 0.3) is 0 Å². The molecule has 0 aromatic carbocycles. The number of halogens is 1. The maximum atomic E-state index is 5.89. The van der Waals surface area contributed by atoms with E-state index in [0.717, 1.165) is 45.2 Å². The molecule has 0 aromatic rings. The Morgan fingerprint density at radius 1 is 1.31 bits per heavy atom. The Morgan fingerprint density at radius 2 is 2.19 bits per heavy atom. The lowest BCUT2D eigenvalue weighted by Gasteiger charge is -2.31. The number of hydrogen-bond donors (Lipinski definition) is 0. The molecule has 0 aromatic heterocycles. The van der Waals surface area contributed by atoms with Crippen molar-refractivity contribution in [1.29, 1.82) is 0 Å². The number of ether oxygens (including phenoxy) is 2. The third-order valence-corrected chi connectivity index (χ3v) is 3.45. The van der Waals surface area contributed by atoms with Crippen LogP contribution in [0.2, 0.25) is 0 Å². The van der Waals surface area contributed by atoms with Gasteiger partial charge in [-0.25, -0.2) is 0 Å². The van der Waals surface area contributed by atoms with Crippen LogP contribution < -0.4 is 0 Å². The van der Waals surface area contributed by atoms with Gasteiger partial charge in [-0.1, -0.05) is 0 Å². The molecule has 1 unspecified atom stereocenters. The molecule has 0 bridgehead atoms. The molecule has 0 radical (unpaired) electrons. The summed E-state index contributed by atoms with van der Waals surface area (Å²) in [5.41, 5.74) is 0. The Kier molecular flexibility index (Phi) is 8.21. The summed E-state index contributed by atoms with van der Waals surface area (Å²) in [6, 6.07) is 0. The Labute approximate surface area is 104 Å². The maximum Gasteiger partial charge on any atom is 0.0593 e. The summed E-state index contributed by atoms with van der Waals surface area (Å²) >= 11 is 5.89. The van der Waals surface area contributed by atoms with Gasteiger partial charge in [0, 0.05) is 39.3 Å². The van der Waals surface area contributed by atoms with Crippen molar-refractivity contribution in [3.8, 4) is 0 Å². The molecule has 1 fully saturated rings. The fourth-order valence-electron chi connectivity index (χ4n) is 2.08. The van der Waals surface area contributed by atoms with Gasteiger partial charge in [-0.05, 0) is 31.7 Å². The van der Waals surface area contributed by atoms with E-state index in [1.54, 1.807) is 7.11 Å². The molecule has 1 heterocycles. The van der Waals surface area contributed by atoms with Gasteiger partial charge >= 0.3 is 0 Å². The summed E-state index contributed by atoms with van der Waals surface area (Å²) < 4.78 is 10.5. The number of alkyl halides is 1. The lowest BCUT2D eigenvalue weighted by atomic mass is 10.0. The second-order valence-electron chi connectivity index (χ2n) is 4.42. The highest BCUT2D eigenvalue weighted by atomic mass is 35.5. The molecular weight excluding hydrogens is 226 g/mol. The molecule has 1 rings (SSSR count). The van der Waals surface area contributed by atoms with Crippen molar-refractivity contribution in [2.45, 2.75) is 19.3 Å². The number of rotatable bonds is 8. The van der Waals surface area contributed by atoms with E-state index in [1.807, 2.05) is 0 Å². The molecule has 1 aliphatic rings. The van der Waals surface area contributed by atoms with Crippen LogP contribution in [-0.2, 0) is 9.47 Å². The highest BCUT2D eigenvalue weighted by Crippen LogP contribution is 2.16. The molecule has 4 heteroatoms. The molecule has 0 N–H and O–H groups in total. The van der Waals surface area contributed by atoms with Crippen LogP contribution in [0.15, 0.2) is 0 Å². The molecule has 0 amide bonds. The summed E-state index contributed by atoms with van der Waals surface area (Å²) in [6.45, 7) is 5.82. The minimum Gasteiger partial charge on any atom is -0.385 e. The Balaban J connectivity index is 1.95. The van der Waals surface area contributed by atoms with Crippen molar-refractivity contribution in [2.75, 3.05) is 52.4 Å². The normalized spacial score (nSPS) is 22.5. The second kappa shape index (κ2) is 9.23. The third-order valence-electron chi connectivity index (χ3n) is 3.01. The fourth-order valence-corrected chi connectivity index (χ4v) is 2.33. The van der Waals surface area contributed by atoms with E-state index in [-0.39, 0.29) is 0 Å². The monoisotopic (exact) mass is 249 g/mol. The molecule has 1 atom stereocenters. The quantitative estimate of drug-likeness (QED) is 0.485. The first-order valence-electron chi connectivity index (χ1n) is 6.21. The SMILES string of the molecule is COCCCOCCN1CCCC(CCl)C1. The van der Waals surface area contributed by atoms with Gasteiger partial charge in [-0.3, -0.25) is 0 Å². The van der Waals surface area contributed by atoms with Gasteiger partial charge in [0.1, 0.15) is 0 Å². The van der Waals surface area contributed by atoms with Crippen LogP contribution in [0, 0.1) is 5.92 Å². The van der Waals surface area contributed by atoms with Crippen molar-refractivity contribution in [3.63, 3.8) is 0 Å². The van der Waals surface area contributed by atoms with E-state index < -0.39 is 0 Å². The highest BCUT2D eigenvalue weighted by Gasteiger charge is 2.18. The number of hydrogen-bond acceptors (Lipinski definition) is 3. The van der Waals surface area contributed by atoms with Crippen LogP contribution in [0.5, 0.6) is 0 Å². The first-order chi connectivity index (χ1) is 7.86. The molecule has 0 aliphatic carbocycles. The van der Waals surface area contributed by atoms with E-state index >= 15 is 0 Å². The summed E-state index contributed by atoms with van der Waals surface area (Å²) in [5.74, 6) is 1.48. The van der Waals surface area contributed by atoms with Crippen LogP contribution in [0.4, 0.5) is 0 Å². The van der Waals surface area contributed by atoms with Crippen LogP contribution in [0.1, 0.15) is 19.3 Å². The van der Waals surface area contributed by atoms with Crippen molar-refractivity contribution in [3.05, 3.63) is 0 Å². The van der Waals surface area contributed by atoms with Gasteiger partial charge < -0.3 is 14.4 Å². The van der Waals surface area contributed by atoms with Crippen LogP contribution >= 0.6 is 11.6 Å². The van der Waals surface area contributed by atoms with Gasteiger partial charge in [0.05, 0.1) is 6.61 Å². The van der Waals surface area contributed by atoms with Crippen molar-refractivity contribution < 1.29 is 9.47 Å². The molecule has 0 spiro atoms. The minimum absolute atomic E-state index is 0.684. The fraction of sp³-hybridized carbons (Fsp3) is 1.00. The Hall–Kier alpha value is 0.170. The highest BCUT2D eigenvalue weighted by molar-refractivity contribution is 6.18. The van der Waals surface area contributed by atoms with E-state index in [2.05, 4.69) is 4.90 Å². The zero-order chi connectivity index (χ0) is 11.6. The predicted molar refractivity (Wildman–Crippen MR) is 67.2 cm³/mol. The standard InChI is InChI=1S/C12H24ClNO2/c1-15-7-3-8-16-9-6-14-5-2-4-12(10-13)11-14/h12H,2-11H2,1H3. The zero-order valence-corrected chi connectivity index (χ0v) is 11.0. The van der Waals surface area contributed by atoms with Gasteiger partial charge in [-0.2, -0.15) is 0 Å².